The van der Waals surface area contributed by atoms with Crippen LogP contribution in [0.5, 0.6) is 0 Å². The van der Waals surface area contributed by atoms with Crippen molar-refractivity contribution in [2.24, 2.45) is 11.7 Å². The van der Waals surface area contributed by atoms with E-state index in [0.717, 1.165) is 38.8 Å². The fraction of sp³-hybridized carbons (Fsp3) is 0.923. The lowest BCUT2D eigenvalue weighted by molar-refractivity contribution is -0.135. The summed E-state index contributed by atoms with van der Waals surface area (Å²) in [4.78, 5) is 14.1. The smallest absolute Gasteiger partial charge is 0.226 e. The maximum absolute atomic E-state index is 12.1. The molecule has 104 valence electrons. The molecule has 0 spiro atoms. The standard InChI is InChI=1S/C13H28N2O.ClH/c1-5-7-9-15(10-8-6-2)13(16)11(3)12(4)14;/h11-12H,5-10,14H2,1-4H3;1H. The van der Waals surface area contributed by atoms with E-state index < -0.39 is 0 Å². The van der Waals surface area contributed by atoms with Gasteiger partial charge in [0.1, 0.15) is 0 Å². The molecule has 0 saturated carbocycles. The summed E-state index contributed by atoms with van der Waals surface area (Å²) in [6.45, 7) is 9.89. The van der Waals surface area contributed by atoms with Crippen LogP contribution in [0.2, 0.25) is 0 Å². The molecule has 0 saturated heterocycles. The molecule has 0 aliphatic heterocycles. The summed E-state index contributed by atoms with van der Waals surface area (Å²) in [5.74, 6) is 0.158. The highest BCUT2D eigenvalue weighted by Crippen LogP contribution is 2.09. The summed E-state index contributed by atoms with van der Waals surface area (Å²) in [6.07, 6.45) is 4.42. The molecule has 4 heteroatoms. The van der Waals surface area contributed by atoms with Gasteiger partial charge >= 0.3 is 0 Å². The molecule has 0 aliphatic rings. The Kier molecular flexibility index (Phi) is 12.2. The monoisotopic (exact) mass is 264 g/mol. The van der Waals surface area contributed by atoms with Crippen LogP contribution in [0.3, 0.4) is 0 Å². The molecule has 0 rings (SSSR count). The number of nitrogens with two attached hydrogens (primary N) is 1. The SMILES string of the molecule is CCCCN(CCCC)C(=O)C(C)C(C)N.Cl. The van der Waals surface area contributed by atoms with E-state index in [-0.39, 0.29) is 30.3 Å². The van der Waals surface area contributed by atoms with Crippen molar-refractivity contribution in [1.29, 1.82) is 0 Å². The van der Waals surface area contributed by atoms with Gasteiger partial charge in [-0.3, -0.25) is 4.79 Å². The Morgan fingerprint density at radius 1 is 1.12 bits per heavy atom. The second kappa shape index (κ2) is 10.8. The lowest BCUT2D eigenvalue weighted by Gasteiger charge is -2.27. The Morgan fingerprint density at radius 3 is 1.82 bits per heavy atom. The van der Waals surface area contributed by atoms with Crippen LogP contribution < -0.4 is 5.73 Å². The molecule has 0 aromatic heterocycles. The summed E-state index contributed by atoms with van der Waals surface area (Å²) in [5.41, 5.74) is 5.78. The Balaban J connectivity index is 0. The Bertz CT molecular complexity index is 190. The third-order valence-electron chi connectivity index (χ3n) is 3.05. The van der Waals surface area contributed by atoms with Crippen molar-refractivity contribution in [2.75, 3.05) is 13.1 Å². The van der Waals surface area contributed by atoms with Gasteiger partial charge in [-0.15, -0.1) is 12.4 Å². The number of carbonyl (C=O) groups is 1. The van der Waals surface area contributed by atoms with Crippen LogP contribution in [0.15, 0.2) is 0 Å². The first-order valence-electron chi connectivity index (χ1n) is 6.58. The van der Waals surface area contributed by atoms with Gasteiger partial charge in [-0.25, -0.2) is 0 Å². The minimum atomic E-state index is -0.0614. The summed E-state index contributed by atoms with van der Waals surface area (Å²) < 4.78 is 0. The molecule has 0 heterocycles. The van der Waals surface area contributed by atoms with Crippen LogP contribution in [0.25, 0.3) is 0 Å². The molecular weight excluding hydrogens is 236 g/mol. The topological polar surface area (TPSA) is 46.3 Å². The zero-order valence-electron chi connectivity index (χ0n) is 11.7. The lowest BCUT2D eigenvalue weighted by Crippen LogP contribution is -2.42. The van der Waals surface area contributed by atoms with Crippen molar-refractivity contribution in [3.63, 3.8) is 0 Å². The van der Waals surface area contributed by atoms with Crippen LogP contribution in [-0.4, -0.2) is 29.9 Å². The van der Waals surface area contributed by atoms with Gasteiger partial charge in [0.2, 0.25) is 5.91 Å². The number of unbranched alkanes of at least 4 members (excludes halogenated alkanes) is 2. The summed E-state index contributed by atoms with van der Waals surface area (Å²) in [5, 5.41) is 0. The van der Waals surface area contributed by atoms with Crippen LogP contribution in [0.1, 0.15) is 53.4 Å². The first-order chi connectivity index (χ1) is 7.54. The largest absolute Gasteiger partial charge is 0.342 e. The molecule has 0 fully saturated rings. The summed E-state index contributed by atoms with van der Waals surface area (Å²) in [7, 11) is 0. The van der Waals surface area contributed by atoms with Gasteiger partial charge in [0.15, 0.2) is 0 Å². The van der Waals surface area contributed by atoms with E-state index >= 15 is 0 Å². The number of hydrogen-bond donors (Lipinski definition) is 1. The number of rotatable bonds is 8. The van der Waals surface area contributed by atoms with E-state index in [4.69, 9.17) is 5.73 Å². The molecule has 3 nitrogen and oxygen atoms in total. The molecule has 2 atom stereocenters. The van der Waals surface area contributed by atoms with Crippen molar-refractivity contribution in [2.45, 2.75) is 59.4 Å². The number of halogens is 1. The van der Waals surface area contributed by atoms with E-state index in [1.54, 1.807) is 0 Å². The Hall–Kier alpha value is -0.280. The first kappa shape index (κ1) is 19.1. The maximum atomic E-state index is 12.1. The van der Waals surface area contributed by atoms with Gasteiger partial charge in [-0.2, -0.15) is 0 Å². The van der Waals surface area contributed by atoms with Gasteiger partial charge in [0, 0.05) is 19.1 Å². The molecule has 0 aliphatic carbocycles. The molecule has 0 aromatic carbocycles. The quantitative estimate of drug-likeness (QED) is 0.733. The van der Waals surface area contributed by atoms with Crippen molar-refractivity contribution < 1.29 is 4.79 Å². The molecule has 17 heavy (non-hydrogen) atoms. The minimum absolute atomic E-state index is 0. The highest BCUT2D eigenvalue weighted by atomic mass is 35.5. The predicted molar refractivity (Wildman–Crippen MR) is 76.5 cm³/mol. The molecule has 0 aromatic rings. The normalized spacial score (nSPS) is 13.7. The number of carbonyl (C=O) groups excluding carboxylic acids is 1. The van der Waals surface area contributed by atoms with Crippen LogP contribution in [-0.2, 0) is 4.79 Å². The average Bonchev–Trinajstić information content (AvgIpc) is 2.27. The van der Waals surface area contributed by atoms with Crippen molar-refractivity contribution in [3.8, 4) is 0 Å². The lowest BCUT2D eigenvalue weighted by atomic mass is 10.0. The highest BCUT2D eigenvalue weighted by Gasteiger charge is 2.22. The van der Waals surface area contributed by atoms with Crippen molar-refractivity contribution >= 4 is 18.3 Å². The number of hydrogen-bond acceptors (Lipinski definition) is 2. The Morgan fingerprint density at radius 2 is 1.53 bits per heavy atom. The second-order valence-corrected chi connectivity index (χ2v) is 4.68. The second-order valence-electron chi connectivity index (χ2n) is 4.68. The highest BCUT2D eigenvalue weighted by molar-refractivity contribution is 5.85. The Labute approximate surface area is 113 Å². The van der Waals surface area contributed by atoms with Gasteiger partial charge in [0.25, 0.3) is 0 Å². The van der Waals surface area contributed by atoms with Crippen LogP contribution >= 0.6 is 12.4 Å². The fourth-order valence-electron chi connectivity index (χ4n) is 1.54. The number of amides is 1. The minimum Gasteiger partial charge on any atom is -0.342 e. The van der Waals surface area contributed by atoms with E-state index in [1.807, 2.05) is 18.7 Å². The fourth-order valence-corrected chi connectivity index (χ4v) is 1.54. The third-order valence-corrected chi connectivity index (χ3v) is 3.05. The van der Waals surface area contributed by atoms with Crippen molar-refractivity contribution in [3.05, 3.63) is 0 Å². The molecule has 2 unspecified atom stereocenters. The maximum Gasteiger partial charge on any atom is 0.226 e. The molecule has 1 amide bonds. The predicted octanol–water partition coefficient (Wildman–Crippen LogP) is 2.82. The van der Waals surface area contributed by atoms with Crippen LogP contribution in [0.4, 0.5) is 0 Å². The van der Waals surface area contributed by atoms with E-state index in [2.05, 4.69) is 13.8 Å². The molecule has 0 radical (unpaired) electrons. The zero-order chi connectivity index (χ0) is 12.6. The van der Waals surface area contributed by atoms with Gasteiger partial charge in [-0.05, 0) is 19.8 Å². The van der Waals surface area contributed by atoms with E-state index in [0.29, 0.717) is 0 Å². The van der Waals surface area contributed by atoms with Crippen molar-refractivity contribution in [1.82, 2.24) is 4.90 Å². The van der Waals surface area contributed by atoms with E-state index in [1.165, 1.54) is 0 Å². The molecule has 2 N–H and O–H groups in total. The van der Waals surface area contributed by atoms with Gasteiger partial charge in [0.05, 0.1) is 5.92 Å². The first-order valence-corrected chi connectivity index (χ1v) is 6.58. The van der Waals surface area contributed by atoms with Crippen LogP contribution in [0, 0.1) is 5.92 Å². The molecule has 0 bridgehead atoms. The average molecular weight is 265 g/mol. The molecular formula is C13H29ClN2O. The van der Waals surface area contributed by atoms with Gasteiger partial charge < -0.3 is 10.6 Å². The summed E-state index contributed by atoms with van der Waals surface area (Å²) in [6, 6.07) is -0.0572. The number of nitrogens with zero attached hydrogens (tertiary/aromatic N) is 1. The third kappa shape index (κ3) is 7.61. The van der Waals surface area contributed by atoms with Gasteiger partial charge in [-0.1, -0.05) is 33.6 Å². The van der Waals surface area contributed by atoms with E-state index in [9.17, 15) is 4.79 Å². The zero-order valence-corrected chi connectivity index (χ0v) is 12.6. The summed E-state index contributed by atoms with van der Waals surface area (Å²) >= 11 is 0.